The molecule has 0 bridgehead atoms. The number of thioether (sulfide) groups is 1. The lowest BCUT2D eigenvalue weighted by atomic mass is 10.1. The molecule has 0 fully saturated rings. The van der Waals surface area contributed by atoms with Crippen molar-refractivity contribution in [2.45, 2.75) is 31.3 Å². The molecule has 1 aromatic heterocycles. The minimum Gasteiger partial charge on any atom is -0.497 e. The normalized spacial score (nSPS) is 11.0. The summed E-state index contributed by atoms with van der Waals surface area (Å²) in [6.07, 6.45) is 0. The van der Waals surface area contributed by atoms with Crippen molar-refractivity contribution in [2.24, 2.45) is 5.92 Å². The highest BCUT2D eigenvalue weighted by Gasteiger charge is 2.16. The highest BCUT2D eigenvalue weighted by Crippen LogP contribution is 2.30. The standard InChI is InChI=1S/C23H26N2O5S/c1-14(2)12-25-21(26)18-8-6-15(22(27)30-5)11-19(18)24-23(25)31-13-16-10-17(28-3)7-9-20(16)29-4/h6-11,14H,12-13H2,1-5H3. The minimum atomic E-state index is -0.467. The summed E-state index contributed by atoms with van der Waals surface area (Å²) in [6.45, 7) is 4.64. The van der Waals surface area contributed by atoms with Gasteiger partial charge in [-0.25, -0.2) is 9.78 Å². The number of ether oxygens (including phenoxy) is 3. The number of nitrogens with zero attached hydrogens (tertiary/aromatic N) is 2. The highest BCUT2D eigenvalue weighted by molar-refractivity contribution is 7.98. The van der Waals surface area contributed by atoms with Crippen molar-refractivity contribution < 1.29 is 19.0 Å². The molecule has 0 spiro atoms. The van der Waals surface area contributed by atoms with E-state index in [1.165, 1.54) is 18.9 Å². The van der Waals surface area contributed by atoms with Crippen LogP contribution in [0.5, 0.6) is 11.5 Å². The second-order valence-electron chi connectivity index (χ2n) is 7.39. The molecule has 0 saturated carbocycles. The van der Waals surface area contributed by atoms with E-state index in [2.05, 4.69) is 13.8 Å². The molecular weight excluding hydrogens is 416 g/mol. The number of benzene rings is 2. The Balaban J connectivity index is 2.06. The summed E-state index contributed by atoms with van der Waals surface area (Å²) in [7, 11) is 4.56. The maximum Gasteiger partial charge on any atom is 0.337 e. The quantitative estimate of drug-likeness (QED) is 0.295. The zero-order valence-corrected chi connectivity index (χ0v) is 19.1. The lowest BCUT2D eigenvalue weighted by molar-refractivity contribution is 0.0601. The number of esters is 1. The van der Waals surface area contributed by atoms with Crippen LogP contribution in [0.4, 0.5) is 0 Å². The molecule has 0 amide bonds. The van der Waals surface area contributed by atoms with E-state index >= 15 is 0 Å². The van der Waals surface area contributed by atoms with E-state index in [9.17, 15) is 9.59 Å². The Hall–Kier alpha value is -3.00. The number of rotatable bonds is 8. The summed E-state index contributed by atoms with van der Waals surface area (Å²) < 4.78 is 17.3. The third-order valence-electron chi connectivity index (χ3n) is 4.73. The van der Waals surface area contributed by atoms with Gasteiger partial charge in [0.15, 0.2) is 5.16 Å². The Labute approximate surface area is 185 Å². The fourth-order valence-corrected chi connectivity index (χ4v) is 4.21. The third kappa shape index (κ3) is 5.02. The Morgan fingerprint density at radius 1 is 1.10 bits per heavy atom. The predicted molar refractivity (Wildman–Crippen MR) is 121 cm³/mol. The van der Waals surface area contributed by atoms with Gasteiger partial charge < -0.3 is 14.2 Å². The van der Waals surface area contributed by atoms with E-state index in [-0.39, 0.29) is 11.5 Å². The first-order chi connectivity index (χ1) is 14.9. The lowest BCUT2D eigenvalue weighted by Gasteiger charge is -2.16. The van der Waals surface area contributed by atoms with Crippen molar-refractivity contribution in [3.05, 3.63) is 57.9 Å². The SMILES string of the molecule is COC(=O)c1ccc2c(=O)n(CC(C)C)c(SCc3cc(OC)ccc3OC)nc2c1. The van der Waals surface area contributed by atoms with Crippen LogP contribution in [0.3, 0.4) is 0 Å². The van der Waals surface area contributed by atoms with E-state index < -0.39 is 5.97 Å². The fourth-order valence-electron chi connectivity index (χ4n) is 3.22. The largest absolute Gasteiger partial charge is 0.497 e. The first kappa shape index (κ1) is 22.7. The Morgan fingerprint density at radius 2 is 1.87 bits per heavy atom. The van der Waals surface area contributed by atoms with Gasteiger partial charge in [0.2, 0.25) is 0 Å². The van der Waals surface area contributed by atoms with Gasteiger partial charge in [-0.05, 0) is 42.3 Å². The lowest BCUT2D eigenvalue weighted by Crippen LogP contribution is -2.25. The summed E-state index contributed by atoms with van der Waals surface area (Å²) >= 11 is 1.44. The van der Waals surface area contributed by atoms with Gasteiger partial charge in [0.1, 0.15) is 11.5 Å². The van der Waals surface area contributed by atoms with Crippen LogP contribution in [-0.4, -0.2) is 36.8 Å². The summed E-state index contributed by atoms with van der Waals surface area (Å²) in [4.78, 5) is 29.9. The molecule has 0 radical (unpaired) electrons. The van der Waals surface area contributed by atoms with Gasteiger partial charge >= 0.3 is 5.97 Å². The number of hydrogen-bond donors (Lipinski definition) is 0. The van der Waals surface area contributed by atoms with Crippen molar-refractivity contribution in [2.75, 3.05) is 21.3 Å². The van der Waals surface area contributed by atoms with Crippen molar-refractivity contribution in [1.29, 1.82) is 0 Å². The molecule has 0 aliphatic carbocycles. The highest BCUT2D eigenvalue weighted by atomic mass is 32.2. The average molecular weight is 443 g/mol. The molecule has 8 heteroatoms. The van der Waals surface area contributed by atoms with Crippen LogP contribution in [0.25, 0.3) is 10.9 Å². The molecule has 0 N–H and O–H groups in total. The van der Waals surface area contributed by atoms with E-state index in [1.54, 1.807) is 37.0 Å². The monoisotopic (exact) mass is 442 g/mol. The number of carbonyl (C=O) groups is 1. The van der Waals surface area contributed by atoms with Gasteiger partial charge in [-0.15, -0.1) is 0 Å². The van der Waals surface area contributed by atoms with Crippen molar-refractivity contribution in [3.63, 3.8) is 0 Å². The first-order valence-electron chi connectivity index (χ1n) is 9.84. The summed E-state index contributed by atoms with van der Waals surface area (Å²) in [5, 5.41) is 1.05. The fraction of sp³-hybridized carbons (Fsp3) is 0.348. The molecule has 3 rings (SSSR count). The predicted octanol–water partition coefficient (Wildman–Crippen LogP) is 4.15. The van der Waals surface area contributed by atoms with Gasteiger partial charge in [-0.3, -0.25) is 9.36 Å². The van der Waals surface area contributed by atoms with E-state index in [4.69, 9.17) is 19.2 Å². The molecule has 0 aliphatic rings. The zero-order valence-electron chi connectivity index (χ0n) is 18.3. The second kappa shape index (κ2) is 9.87. The zero-order chi connectivity index (χ0) is 22.5. The first-order valence-corrected chi connectivity index (χ1v) is 10.8. The average Bonchev–Trinajstić information content (AvgIpc) is 2.78. The molecule has 2 aromatic carbocycles. The third-order valence-corrected chi connectivity index (χ3v) is 5.76. The summed E-state index contributed by atoms with van der Waals surface area (Å²) in [5.74, 6) is 1.79. The van der Waals surface area contributed by atoms with Crippen LogP contribution in [0.1, 0.15) is 29.8 Å². The number of hydrogen-bond acceptors (Lipinski definition) is 7. The van der Waals surface area contributed by atoms with Crippen LogP contribution in [0.2, 0.25) is 0 Å². The van der Waals surface area contributed by atoms with Gasteiger partial charge in [0, 0.05) is 17.9 Å². The van der Waals surface area contributed by atoms with E-state index in [1.807, 2.05) is 18.2 Å². The molecule has 3 aromatic rings. The van der Waals surface area contributed by atoms with Crippen LogP contribution >= 0.6 is 11.8 Å². The molecule has 0 saturated heterocycles. The number of aromatic nitrogens is 2. The topological polar surface area (TPSA) is 79.7 Å². The molecule has 0 atom stereocenters. The molecule has 31 heavy (non-hydrogen) atoms. The summed E-state index contributed by atoms with van der Waals surface area (Å²) in [6, 6.07) is 10.4. The molecular formula is C23H26N2O5S. The summed E-state index contributed by atoms with van der Waals surface area (Å²) in [5.41, 5.74) is 1.62. The van der Waals surface area contributed by atoms with Crippen molar-refractivity contribution in [1.82, 2.24) is 9.55 Å². The molecule has 0 aliphatic heterocycles. The molecule has 1 heterocycles. The second-order valence-corrected chi connectivity index (χ2v) is 8.34. The molecule has 7 nitrogen and oxygen atoms in total. The van der Waals surface area contributed by atoms with E-state index in [0.717, 1.165) is 17.1 Å². The van der Waals surface area contributed by atoms with Crippen molar-refractivity contribution >= 4 is 28.6 Å². The van der Waals surface area contributed by atoms with Crippen LogP contribution < -0.4 is 15.0 Å². The Kier molecular flexibility index (Phi) is 7.22. The van der Waals surface area contributed by atoms with E-state index in [0.29, 0.717) is 33.9 Å². The number of fused-ring (bicyclic) bond motifs is 1. The number of methoxy groups -OCH3 is 3. The Morgan fingerprint density at radius 3 is 2.52 bits per heavy atom. The van der Waals surface area contributed by atoms with Gasteiger partial charge in [-0.2, -0.15) is 0 Å². The number of carbonyl (C=O) groups excluding carboxylic acids is 1. The Bertz CT molecular complexity index is 1160. The van der Waals surface area contributed by atoms with Gasteiger partial charge in [0.05, 0.1) is 37.8 Å². The smallest absolute Gasteiger partial charge is 0.337 e. The van der Waals surface area contributed by atoms with Gasteiger partial charge in [-0.1, -0.05) is 25.6 Å². The molecule has 164 valence electrons. The van der Waals surface area contributed by atoms with Crippen LogP contribution in [-0.2, 0) is 17.0 Å². The maximum atomic E-state index is 13.2. The minimum absolute atomic E-state index is 0.129. The maximum absolute atomic E-state index is 13.2. The van der Waals surface area contributed by atoms with Crippen molar-refractivity contribution in [3.8, 4) is 11.5 Å². The van der Waals surface area contributed by atoms with Gasteiger partial charge in [0.25, 0.3) is 5.56 Å². The van der Waals surface area contributed by atoms with Crippen LogP contribution in [0.15, 0.2) is 46.3 Å². The molecule has 0 unspecified atom stereocenters. The van der Waals surface area contributed by atoms with Crippen LogP contribution in [0, 0.1) is 5.92 Å².